The topological polar surface area (TPSA) is 23.1 Å². The van der Waals surface area contributed by atoms with Crippen LogP contribution in [0.5, 0.6) is 5.75 Å². The fraction of sp³-hybridized carbons (Fsp3) is 0.250. The van der Waals surface area contributed by atoms with Crippen LogP contribution in [0.3, 0.4) is 0 Å². The molecule has 2 heteroatoms. The third kappa shape index (κ3) is 1.92. The Kier molecular flexibility index (Phi) is 3.23. The number of benzene rings is 1. The standard InChI is InChI=1S/C8H10O.ClH/c1-6-3-4-7(2)8(9)5-6;/h3-5,9H,1-2H3;1H/p-2. The number of hydrogen-bond acceptors (Lipinski definition) is 1. The fourth-order valence-electron chi connectivity index (χ4n) is 0.707. The van der Waals surface area contributed by atoms with Gasteiger partial charge in [-0.1, -0.05) is 29.3 Å². The van der Waals surface area contributed by atoms with Crippen LogP contribution in [0.15, 0.2) is 18.2 Å². The average molecular weight is 157 g/mol. The van der Waals surface area contributed by atoms with E-state index in [0.717, 1.165) is 11.1 Å². The smallest absolute Gasteiger partial charge is 0.0398 e. The van der Waals surface area contributed by atoms with E-state index >= 15 is 0 Å². The summed E-state index contributed by atoms with van der Waals surface area (Å²) >= 11 is 0. The maximum atomic E-state index is 10.8. The normalized spacial score (nSPS) is 8.60. The minimum Gasteiger partial charge on any atom is -1.00 e. The highest BCUT2D eigenvalue weighted by Crippen LogP contribution is 2.12. The first-order valence-electron chi connectivity index (χ1n) is 2.94. The van der Waals surface area contributed by atoms with E-state index in [1.54, 1.807) is 6.07 Å². The summed E-state index contributed by atoms with van der Waals surface area (Å²) in [6.45, 7) is 3.74. The van der Waals surface area contributed by atoms with Gasteiger partial charge in [-0.25, -0.2) is 0 Å². The zero-order valence-corrected chi connectivity index (χ0v) is 6.77. The molecule has 0 aliphatic carbocycles. The summed E-state index contributed by atoms with van der Waals surface area (Å²) in [5.41, 5.74) is 1.85. The van der Waals surface area contributed by atoms with Crippen LogP contribution in [0.25, 0.3) is 0 Å². The van der Waals surface area contributed by atoms with Crippen LogP contribution in [0, 0.1) is 13.8 Å². The predicted molar refractivity (Wildman–Crippen MR) is 35.4 cm³/mol. The van der Waals surface area contributed by atoms with Gasteiger partial charge in [0.05, 0.1) is 0 Å². The molecule has 0 bridgehead atoms. The molecule has 0 aliphatic heterocycles. The van der Waals surface area contributed by atoms with Crippen molar-refractivity contribution in [2.75, 3.05) is 0 Å². The molecule has 1 rings (SSSR count). The van der Waals surface area contributed by atoms with Crippen molar-refractivity contribution in [3.05, 3.63) is 29.3 Å². The molecule has 0 spiro atoms. The maximum absolute atomic E-state index is 10.8. The SMILES string of the molecule is Cc1ccc(C)c([O-])c1.[Cl-]. The molecule has 0 N–H and O–H groups in total. The first-order chi connectivity index (χ1) is 4.20. The van der Waals surface area contributed by atoms with Crippen LogP contribution >= 0.6 is 0 Å². The van der Waals surface area contributed by atoms with E-state index in [-0.39, 0.29) is 18.2 Å². The summed E-state index contributed by atoms with van der Waals surface area (Å²) in [4.78, 5) is 0. The molecule has 1 aromatic rings. The number of halogens is 1. The Bertz CT molecular complexity index is 220. The van der Waals surface area contributed by atoms with Crippen molar-refractivity contribution in [3.63, 3.8) is 0 Å². The third-order valence-electron chi connectivity index (χ3n) is 1.34. The van der Waals surface area contributed by atoms with Gasteiger partial charge in [0.2, 0.25) is 0 Å². The van der Waals surface area contributed by atoms with Gasteiger partial charge >= 0.3 is 0 Å². The Hall–Kier alpha value is -0.690. The van der Waals surface area contributed by atoms with Crippen LogP contribution in [-0.2, 0) is 0 Å². The number of hydrogen-bond donors (Lipinski definition) is 0. The number of aryl methyl sites for hydroxylation is 2. The van der Waals surface area contributed by atoms with Gasteiger partial charge in [-0.2, -0.15) is 0 Å². The fourth-order valence-corrected chi connectivity index (χ4v) is 0.707. The lowest BCUT2D eigenvalue weighted by molar-refractivity contribution is -0.269. The molecular weight excluding hydrogens is 148 g/mol. The summed E-state index contributed by atoms with van der Waals surface area (Å²) in [5, 5.41) is 10.8. The van der Waals surface area contributed by atoms with E-state index in [0.29, 0.717) is 0 Å². The van der Waals surface area contributed by atoms with Crippen molar-refractivity contribution in [2.24, 2.45) is 0 Å². The van der Waals surface area contributed by atoms with Crippen molar-refractivity contribution in [3.8, 4) is 5.75 Å². The second-order valence-electron chi connectivity index (χ2n) is 2.27. The maximum Gasteiger partial charge on any atom is -0.0398 e. The molecular formula is C8H9ClO-2. The monoisotopic (exact) mass is 156 g/mol. The van der Waals surface area contributed by atoms with Gasteiger partial charge in [-0.05, 0) is 13.8 Å². The lowest BCUT2D eigenvalue weighted by Gasteiger charge is -2.09. The van der Waals surface area contributed by atoms with Crippen LogP contribution in [0.1, 0.15) is 11.1 Å². The van der Waals surface area contributed by atoms with Gasteiger partial charge in [-0.15, -0.1) is 5.75 Å². The Morgan fingerprint density at radius 1 is 1.20 bits per heavy atom. The van der Waals surface area contributed by atoms with Crippen molar-refractivity contribution >= 4 is 0 Å². The van der Waals surface area contributed by atoms with Gasteiger partial charge in [-0.3, -0.25) is 0 Å². The van der Waals surface area contributed by atoms with E-state index < -0.39 is 0 Å². The molecule has 1 nitrogen and oxygen atoms in total. The Balaban J connectivity index is 0.000000810. The molecule has 0 saturated carbocycles. The minimum atomic E-state index is 0. The van der Waals surface area contributed by atoms with Crippen molar-refractivity contribution in [2.45, 2.75) is 13.8 Å². The second kappa shape index (κ2) is 3.47. The van der Waals surface area contributed by atoms with E-state index in [2.05, 4.69) is 0 Å². The summed E-state index contributed by atoms with van der Waals surface area (Å²) in [7, 11) is 0. The van der Waals surface area contributed by atoms with E-state index in [9.17, 15) is 5.11 Å². The Morgan fingerprint density at radius 3 is 2.20 bits per heavy atom. The summed E-state index contributed by atoms with van der Waals surface area (Å²) in [6, 6.07) is 5.43. The highest BCUT2D eigenvalue weighted by Gasteiger charge is 1.84. The zero-order chi connectivity index (χ0) is 6.85. The van der Waals surface area contributed by atoms with Crippen molar-refractivity contribution in [1.29, 1.82) is 0 Å². The quantitative estimate of drug-likeness (QED) is 0.443. The molecule has 0 amide bonds. The first-order valence-corrected chi connectivity index (χ1v) is 2.94. The third-order valence-corrected chi connectivity index (χ3v) is 1.34. The van der Waals surface area contributed by atoms with E-state index in [1.165, 1.54) is 0 Å². The Labute approximate surface area is 67.1 Å². The van der Waals surface area contributed by atoms with Gasteiger partial charge < -0.3 is 17.5 Å². The van der Waals surface area contributed by atoms with Gasteiger partial charge in [0.25, 0.3) is 0 Å². The second-order valence-corrected chi connectivity index (χ2v) is 2.27. The highest BCUT2D eigenvalue weighted by molar-refractivity contribution is 5.33. The molecule has 0 atom stereocenters. The number of rotatable bonds is 0. The summed E-state index contributed by atoms with van der Waals surface area (Å²) in [5.74, 6) is 0.134. The molecule has 56 valence electrons. The van der Waals surface area contributed by atoms with E-state index in [1.807, 2.05) is 26.0 Å². The minimum absolute atomic E-state index is 0. The van der Waals surface area contributed by atoms with E-state index in [4.69, 9.17) is 0 Å². The Morgan fingerprint density at radius 2 is 1.80 bits per heavy atom. The molecule has 0 fully saturated rings. The summed E-state index contributed by atoms with van der Waals surface area (Å²) < 4.78 is 0. The van der Waals surface area contributed by atoms with Crippen LogP contribution in [0.2, 0.25) is 0 Å². The molecule has 0 aromatic heterocycles. The van der Waals surface area contributed by atoms with Crippen LogP contribution < -0.4 is 17.5 Å². The van der Waals surface area contributed by atoms with Crippen molar-refractivity contribution < 1.29 is 17.5 Å². The molecule has 0 unspecified atom stereocenters. The molecule has 0 radical (unpaired) electrons. The zero-order valence-electron chi connectivity index (χ0n) is 6.02. The van der Waals surface area contributed by atoms with Gasteiger partial charge in [0.15, 0.2) is 0 Å². The lowest BCUT2D eigenvalue weighted by Crippen LogP contribution is -3.00. The first kappa shape index (κ1) is 9.31. The average Bonchev–Trinajstić information content (AvgIpc) is 1.80. The highest BCUT2D eigenvalue weighted by atomic mass is 35.5. The predicted octanol–water partition coefficient (Wildman–Crippen LogP) is -1.62. The molecule has 10 heavy (non-hydrogen) atoms. The van der Waals surface area contributed by atoms with Crippen LogP contribution in [-0.4, -0.2) is 0 Å². The van der Waals surface area contributed by atoms with Crippen LogP contribution in [0.4, 0.5) is 0 Å². The molecule has 0 heterocycles. The van der Waals surface area contributed by atoms with Gasteiger partial charge in [0.1, 0.15) is 0 Å². The molecule has 1 aromatic carbocycles. The largest absolute Gasteiger partial charge is 1.00 e. The van der Waals surface area contributed by atoms with Gasteiger partial charge in [0, 0.05) is 0 Å². The molecule has 0 saturated heterocycles. The lowest BCUT2D eigenvalue weighted by atomic mass is 10.1. The molecule has 0 aliphatic rings. The van der Waals surface area contributed by atoms with Crippen molar-refractivity contribution in [1.82, 2.24) is 0 Å². The summed E-state index contributed by atoms with van der Waals surface area (Å²) in [6.07, 6.45) is 0.